The van der Waals surface area contributed by atoms with Crippen LogP contribution >= 0.6 is 0 Å². The molecule has 3 aromatic heterocycles. The van der Waals surface area contributed by atoms with E-state index in [0.717, 1.165) is 40.4 Å². The van der Waals surface area contributed by atoms with Crippen LogP contribution in [-0.4, -0.2) is 48.3 Å². The Labute approximate surface area is 184 Å². The van der Waals surface area contributed by atoms with Crippen molar-refractivity contribution < 1.29 is 18.0 Å². The Morgan fingerprint density at radius 2 is 1.94 bits per heavy atom. The van der Waals surface area contributed by atoms with Crippen molar-refractivity contribution in [3.05, 3.63) is 46.2 Å². The molecule has 1 aliphatic heterocycles. The standard InChI is InChI=1S/C22H27F3N6O/c1-5-17-9-19(22(23,24)25)31-20(26-17)10-18(28-31)16-7-6-8-29(11-16)21(32)12-30-15(4)13(2)14(3)27-30/h9-10,16H,5-8,11-12H2,1-4H3. The number of amides is 1. The summed E-state index contributed by atoms with van der Waals surface area (Å²) < 4.78 is 43.3. The van der Waals surface area contributed by atoms with Crippen molar-refractivity contribution in [2.75, 3.05) is 13.1 Å². The number of hydrogen-bond donors (Lipinski definition) is 0. The molecule has 0 N–H and O–H groups in total. The van der Waals surface area contributed by atoms with Crippen LogP contribution in [0.2, 0.25) is 0 Å². The van der Waals surface area contributed by atoms with E-state index >= 15 is 0 Å². The molecule has 1 unspecified atom stereocenters. The number of alkyl halides is 3. The van der Waals surface area contributed by atoms with Gasteiger partial charge in [-0.25, -0.2) is 9.50 Å². The lowest BCUT2D eigenvalue weighted by Crippen LogP contribution is -2.41. The van der Waals surface area contributed by atoms with E-state index in [-0.39, 0.29) is 24.0 Å². The minimum atomic E-state index is -4.53. The Kier molecular flexibility index (Phi) is 5.72. The van der Waals surface area contributed by atoms with Gasteiger partial charge in [0.05, 0.1) is 11.4 Å². The van der Waals surface area contributed by atoms with Crippen molar-refractivity contribution >= 4 is 11.6 Å². The molecule has 0 radical (unpaired) electrons. The van der Waals surface area contributed by atoms with E-state index in [1.807, 2.05) is 20.8 Å². The van der Waals surface area contributed by atoms with E-state index in [1.165, 1.54) is 0 Å². The van der Waals surface area contributed by atoms with E-state index in [9.17, 15) is 18.0 Å². The molecule has 1 amide bonds. The summed E-state index contributed by atoms with van der Waals surface area (Å²) in [6, 6.07) is 2.67. The molecule has 7 nitrogen and oxygen atoms in total. The van der Waals surface area contributed by atoms with Crippen LogP contribution in [0, 0.1) is 20.8 Å². The average molecular weight is 448 g/mol. The lowest BCUT2D eigenvalue weighted by molar-refractivity contribution is -0.142. The Bertz CT molecular complexity index is 1160. The summed E-state index contributed by atoms with van der Waals surface area (Å²) in [5, 5.41) is 8.70. The Hall–Kier alpha value is -2.91. The van der Waals surface area contributed by atoms with Crippen molar-refractivity contribution in [3.8, 4) is 0 Å². The molecule has 172 valence electrons. The van der Waals surface area contributed by atoms with Crippen LogP contribution < -0.4 is 0 Å². The highest BCUT2D eigenvalue weighted by Gasteiger charge is 2.36. The Morgan fingerprint density at radius 1 is 1.19 bits per heavy atom. The van der Waals surface area contributed by atoms with Gasteiger partial charge in [-0.3, -0.25) is 9.48 Å². The van der Waals surface area contributed by atoms with E-state index in [1.54, 1.807) is 22.6 Å². The zero-order valence-corrected chi connectivity index (χ0v) is 18.7. The van der Waals surface area contributed by atoms with Crippen molar-refractivity contribution in [1.82, 2.24) is 29.3 Å². The van der Waals surface area contributed by atoms with E-state index in [0.29, 0.717) is 30.9 Å². The second kappa shape index (κ2) is 8.22. The number of fused-ring (bicyclic) bond motifs is 1. The molecule has 1 fully saturated rings. The fourth-order valence-electron chi connectivity index (χ4n) is 4.24. The van der Waals surface area contributed by atoms with Gasteiger partial charge in [0.25, 0.3) is 0 Å². The molecule has 0 aliphatic carbocycles. The van der Waals surface area contributed by atoms with Gasteiger partial charge in [-0.2, -0.15) is 23.4 Å². The topological polar surface area (TPSA) is 68.3 Å². The third-order valence-corrected chi connectivity index (χ3v) is 6.37. The monoisotopic (exact) mass is 448 g/mol. The third-order valence-electron chi connectivity index (χ3n) is 6.37. The number of carbonyl (C=O) groups is 1. The van der Waals surface area contributed by atoms with Gasteiger partial charge in [-0.05, 0) is 51.7 Å². The first-order valence-corrected chi connectivity index (χ1v) is 10.8. The quantitative estimate of drug-likeness (QED) is 0.608. The summed E-state index contributed by atoms with van der Waals surface area (Å²) in [5.74, 6) is -0.186. The molecule has 3 aromatic rings. The summed E-state index contributed by atoms with van der Waals surface area (Å²) in [6.07, 6.45) is -2.60. The van der Waals surface area contributed by atoms with Crippen LogP contribution in [0.1, 0.15) is 59.7 Å². The fourth-order valence-corrected chi connectivity index (χ4v) is 4.24. The van der Waals surface area contributed by atoms with Gasteiger partial charge < -0.3 is 4.90 Å². The molecule has 32 heavy (non-hydrogen) atoms. The average Bonchev–Trinajstić information content (AvgIpc) is 3.29. The first kappa shape index (κ1) is 22.3. The van der Waals surface area contributed by atoms with Crippen LogP contribution in [0.25, 0.3) is 5.65 Å². The van der Waals surface area contributed by atoms with E-state index < -0.39 is 11.9 Å². The molecule has 1 atom stereocenters. The highest BCUT2D eigenvalue weighted by molar-refractivity contribution is 5.76. The molecule has 0 bridgehead atoms. The Morgan fingerprint density at radius 3 is 2.56 bits per heavy atom. The van der Waals surface area contributed by atoms with Gasteiger partial charge in [-0.1, -0.05) is 6.92 Å². The van der Waals surface area contributed by atoms with Crippen LogP contribution in [0.5, 0.6) is 0 Å². The molecular formula is C22H27F3N6O. The zero-order chi connectivity index (χ0) is 23.2. The molecule has 0 aromatic carbocycles. The number of likely N-dealkylation sites (tertiary alicyclic amines) is 1. The van der Waals surface area contributed by atoms with Crippen LogP contribution in [0.15, 0.2) is 12.1 Å². The fraction of sp³-hybridized carbons (Fsp3) is 0.545. The first-order chi connectivity index (χ1) is 15.1. The molecule has 1 aliphatic rings. The first-order valence-electron chi connectivity index (χ1n) is 10.8. The lowest BCUT2D eigenvalue weighted by Gasteiger charge is -2.32. The maximum atomic E-state index is 13.6. The predicted octanol–water partition coefficient (Wildman–Crippen LogP) is 3.84. The van der Waals surface area contributed by atoms with Crippen molar-refractivity contribution in [2.45, 2.75) is 65.6 Å². The molecule has 0 saturated carbocycles. The summed E-state index contributed by atoms with van der Waals surface area (Å²) >= 11 is 0. The van der Waals surface area contributed by atoms with E-state index in [2.05, 4.69) is 15.2 Å². The molecule has 0 spiro atoms. The normalized spacial score (nSPS) is 17.3. The van der Waals surface area contributed by atoms with Crippen LogP contribution in [0.3, 0.4) is 0 Å². The number of aromatic nitrogens is 5. The second-order valence-corrected chi connectivity index (χ2v) is 8.46. The summed E-state index contributed by atoms with van der Waals surface area (Å²) in [4.78, 5) is 19.0. The highest BCUT2D eigenvalue weighted by Crippen LogP contribution is 2.32. The highest BCUT2D eigenvalue weighted by atomic mass is 19.4. The number of aryl methyl sites for hydroxylation is 2. The number of halogens is 3. The van der Waals surface area contributed by atoms with Gasteiger partial charge >= 0.3 is 6.18 Å². The number of hydrogen-bond acceptors (Lipinski definition) is 4. The van der Waals surface area contributed by atoms with Gasteiger partial charge in [-0.15, -0.1) is 0 Å². The minimum absolute atomic E-state index is 0.0496. The lowest BCUT2D eigenvalue weighted by atomic mass is 9.95. The molecule has 4 rings (SSSR count). The van der Waals surface area contributed by atoms with Crippen molar-refractivity contribution in [3.63, 3.8) is 0 Å². The van der Waals surface area contributed by atoms with E-state index in [4.69, 9.17) is 0 Å². The maximum Gasteiger partial charge on any atom is 0.433 e. The van der Waals surface area contributed by atoms with Crippen molar-refractivity contribution in [1.29, 1.82) is 0 Å². The van der Waals surface area contributed by atoms with Crippen molar-refractivity contribution in [2.24, 2.45) is 0 Å². The number of nitrogens with zero attached hydrogens (tertiary/aromatic N) is 6. The van der Waals surface area contributed by atoms with Gasteiger partial charge in [0.2, 0.25) is 5.91 Å². The number of rotatable bonds is 4. The predicted molar refractivity (Wildman–Crippen MR) is 112 cm³/mol. The minimum Gasteiger partial charge on any atom is -0.340 e. The largest absolute Gasteiger partial charge is 0.433 e. The Balaban J connectivity index is 1.57. The molecule has 10 heteroatoms. The van der Waals surface area contributed by atoms with Crippen LogP contribution in [-0.2, 0) is 23.9 Å². The molecular weight excluding hydrogens is 421 g/mol. The van der Waals surface area contributed by atoms with Gasteiger partial charge in [0, 0.05) is 36.5 Å². The molecule has 4 heterocycles. The molecule has 1 saturated heterocycles. The van der Waals surface area contributed by atoms with Crippen LogP contribution in [0.4, 0.5) is 13.2 Å². The second-order valence-electron chi connectivity index (χ2n) is 8.46. The summed E-state index contributed by atoms with van der Waals surface area (Å²) in [6.45, 7) is 8.79. The summed E-state index contributed by atoms with van der Waals surface area (Å²) in [7, 11) is 0. The third kappa shape index (κ3) is 4.10. The van der Waals surface area contributed by atoms with Gasteiger partial charge in [0.1, 0.15) is 12.2 Å². The van der Waals surface area contributed by atoms with Gasteiger partial charge in [0.15, 0.2) is 5.65 Å². The number of piperidine rings is 1. The zero-order valence-electron chi connectivity index (χ0n) is 18.7. The number of carbonyl (C=O) groups excluding carboxylic acids is 1. The maximum absolute atomic E-state index is 13.6. The smallest absolute Gasteiger partial charge is 0.340 e. The summed E-state index contributed by atoms with van der Waals surface area (Å²) in [5.41, 5.74) is 3.20. The SMILES string of the molecule is CCc1cc(C(F)(F)F)n2nc(C3CCCN(C(=O)Cn4nc(C)c(C)c4C)C3)cc2n1.